The minimum Gasteiger partial charge on any atom is -0.497 e. The molecule has 0 unspecified atom stereocenters. The first-order valence-electron chi connectivity index (χ1n) is 19.9. The van der Waals surface area contributed by atoms with E-state index >= 15 is 4.79 Å². The lowest BCUT2D eigenvalue weighted by molar-refractivity contribution is -0.150. The van der Waals surface area contributed by atoms with E-state index in [0.29, 0.717) is 33.9 Å². The standard InChI is InChI=1S/C45H54N4O9Si/c1-28-41(59(5,6)36-18-16-35(57-4)17-19-36)39(25-40(53)48(21-22-50)26-31-11-8-7-9-12-31)58-45(28)37-24-34(47-43(55)30(3)52)15-20-38(37)49(44(45)56)27-32-13-10-14-33(23-32)46-42(54)29(2)51/h7-20,23-24,28-30,39,41,50-52H,21-22,25-27H2,1-6H3,(H,46,54)(H,47,55)/t28-,29+,30+,39+,41-,45+/m1/s1. The van der Waals surface area contributed by atoms with Crippen molar-refractivity contribution >= 4 is 54.0 Å². The first-order valence-corrected chi connectivity index (χ1v) is 23.0. The first kappa shape index (κ1) is 43.2. The van der Waals surface area contributed by atoms with Crippen molar-refractivity contribution in [3.05, 3.63) is 114 Å². The van der Waals surface area contributed by atoms with E-state index in [4.69, 9.17) is 9.47 Å². The molecule has 1 fully saturated rings. The average Bonchev–Trinajstić information content (AvgIpc) is 3.63. The Labute approximate surface area is 346 Å². The molecule has 4 aromatic rings. The summed E-state index contributed by atoms with van der Waals surface area (Å²) in [6.45, 7) is 9.44. The van der Waals surface area contributed by atoms with Crippen LogP contribution in [0.25, 0.3) is 0 Å². The van der Waals surface area contributed by atoms with Gasteiger partial charge in [-0.25, -0.2) is 0 Å². The maximum absolute atomic E-state index is 15.4. The van der Waals surface area contributed by atoms with E-state index in [1.165, 1.54) is 13.8 Å². The number of rotatable bonds is 15. The van der Waals surface area contributed by atoms with Gasteiger partial charge in [-0.2, -0.15) is 0 Å². The molecule has 13 nitrogen and oxygen atoms in total. The Hall–Kier alpha value is -5.38. The van der Waals surface area contributed by atoms with Crippen LogP contribution in [0.2, 0.25) is 18.6 Å². The van der Waals surface area contributed by atoms with E-state index in [9.17, 15) is 29.7 Å². The van der Waals surface area contributed by atoms with Gasteiger partial charge in [0.2, 0.25) is 5.91 Å². The summed E-state index contributed by atoms with van der Waals surface area (Å²) in [6, 6.07) is 29.6. The molecule has 2 aliphatic heterocycles. The van der Waals surface area contributed by atoms with Crippen molar-refractivity contribution in [1.29, 1.82) is 0 Å². The lowest BCUT2D eigenvalue weighted by Gasteiger charge is -2.37. The summed E-state index contributed by atoms with van der Waals surface area (Å²) in [5.74, 6) is -1.53. The monoisotopic (exact) mass is 822 g/mol. The normalized spacial score (nSPS) is 20.9. The molecular formula is C45H54N4O9Si. The Morgan fingerprint density at radius 3 is 2.12 bits per heavy atom. The summed E-state index contributed by atoms with van der Waals surface area (Å²) in [4.78, 5) is 58.2. The van der Waals surface area contributed by atoms with Gasteiger partial charge in [-0.3, -0.25) is 19.2 Å². The fourth-order valence-electron chi connectivity index (χ4n) is 8.69. The molecule has 14 heteroatoms. The molecule has 0 aromatic heterocycles. The van der Waals surface area contributed by atoms with Crippen molar-refractivity contribution in [3.63, 3.8) is 0 Å². The van der Waals surface area contributed by atoms with E-state index in [-0.39, 0.29) is 50.0 Å². The molecular weight excluding hydrogens is 769 g/mol. The molecule has 4 aromatic carbocycles. The van der Waals surface area contributed by atoms with E-state index in [2.05, 4.69) is 23.7 Å². The third kappa shape index (κ3) is 8.82. The van der Waals surface area contributed by atoms with Crippen LogP contribution in [0.15, 0.2) is 97.1 Å². The number of aliphatic hydroxyl groups is 3. The lowest BCUT2D eigenvalue weighted by atomic mass is 9.82. The smallest absolute Gasteiger partial charge is 0.264 e. The largest absolute Gasteiger partial charge is 0.497 e. The van der Waals surface area contributed by atoms with E-state index in [0.717, 1.165) is 10.8 Å². The van der Waals surface area contributed by atoms with Gasteiger partial charge in [-0.05, 0) is 73.0 Å². The van der Waals surface area contributed by atoms with Gasteiger partial charge in [0.15, 0.2) is 5.60 Å². The van der Waals surface area contributed by atoms with Crippen LogP contribution < -0.4 is 25.5 Å². The molecule has 0 saturated carbocycles. The molecule has 2 heterocycles. The van der Waals surface area contributed by atoms with Gasteiger partial charge in [0, 0.05) is 35.9 Å². The number of hydrogen-bond acceptors (Lipinski definition) is 9. The van der Waals surface area contributed by atoms with Gasteiger partial charge < -0.3 is 45.2 Å². The number of amides is 4. The van der Waals surface area contributed by atoms with Crippen molar-refractivity contribution < 1.29 is 44.0 Å². The summed E-state index contributed by atoms with van der Waals surface area (Å²) in [6.07, 6.45) is -3.29. The van der Waals surface area contributed by atoms with Gasteiger partial charge in [0.25, 0.3) is 17.7 Å². The highest BCUT2D eigenvalue weighted by Gasteiger charge is 2.66. The van der Waals surface area contributed by atoms with Gasteiger partial charge in [0.1, 0.15) is 18.0 Å². The number of methoxy groups -OCH3 is 1. The highest BCUT2D eigenvalue weighted by molar-refractivity contribution is 6.91. The number of ether oxygens (including phenoxy) is 2. The fraction of sp³-hybridized carbons (Fsp3) is 0.378. The lowest BCUT2D eigenvalue weighted by Crippen LogP contribution is -2.52. The number of aliphatic hydroxyl groups excluding tert-OH is 3. The van der Waals surface area contributed by atoms with Crippen molar-refractivity contribution in [2.24, 2.45) is 5.92 Å². The number of benzene rings is 4. The second-order valence-corrected chi connectivity index (χ2v) is 20.7. The molecule has 4 amide bonds. The van der Waals surface area contributed by atoms with Crippen molar-refractivity contribution in [1.82, 2.24) is 4.90 Å². The van der Waals surface area contributed by atoms with Crippen LogP contribution >= 0.6 is 0 Å². The maximum Gasteiger partial charge on any atom is 0.264 e. The second-order valence-electron chi connectivity index (χ2n) is 16.0. The first-order chi connectivity index (χ1) is 28.1. The topological polar surface area (TPSA) is 178 Å². The van der Waals surface area contributed by atoms with E-state index in [1.54, 1.807) is 53.3 Å². The minimum absolute atomic E-state index is 0.0533. The molecule has 5 N–H and O–H groups in total. The Kier molecular flexibility index (Phi) is 13.1. The van der Waals surface area contributed by atoms with E-state index < -0.39 is 49.7 Å². The van der Waals surface area contributed by atoms with Crippen LogP contribution in [0.1, 0.15) is 43.9 Å². The molecule has 312 valence electrons. The molecule has 0 bridgehead atoms. The van der Waals surface area contributed by atoms with Crippen molar-refractivity contribution in [3.8, 4) is 5.75 Å². The Bertz CT molecular complexity index is 2160. The van der Waals surface area contributed by atoms with Crippen LogP contribution in [0.5, 0.6) is 5.75 Å². The van der Waals surface area contributed by atoms with E-state index in [1.807, 2.05) is 67.6 Å². The van der Waals surface area contributed by atoms with Gasteiger partial charge in [-0.1, -0.05) is 79.8 Å². The summed E-state index contributed by atoms with van der Waals surface area (Å²) >= 11 is 0. The SMILES string of the molecule is COc1ccc([Si](C)(C)[C@H]2[C@H](CC(=O)N(CCO)Cc3ccccc3)O[C@@]3(C(=O)N(Cc4cccc(NC(=O)[C@H](C)O)c4)c4ccc(NC(=O)[C@H](C)O)cc43)[C@@H]2C)cc1. The predicted molar refractivity (Wildman–Crippen MR) is 228 cm³/mol. The van der Waals surface area contributed by atoms with Crippen LogP contribution in [0, 0.1) is 5.92 Å². The Balaban J connectivity index is 1.46. The summed E-state index contributed by atoms with van der Waals surface area (Å²) in [5, 5.41) is 36.4. The summed E-state index contributed by atoms with van der Waals surface area (Å²) < 4.78 is 12.7. The molecule has 6 atom stereocenters. The molecule has 1 spiro atoms. The molecule has 0 aliphatic carbocycles. The highest BCUT2D eigenvalue weighted by Crippen LogP contribution is 2.60. The highest BCUT2D eigenvalue weighted by atomic mass is 28.3. The van der Waals surface area contributed by atoms with Gasteiger partial charge in [0.05, 0.1) is 46.5 Å². The van der Waals surface area contributed by atoms with Crippen molar-refractivity contribution in [2.75, 3.05) is 35.8 Å². The molecule has 6 rings (SSSR count). The number of fused-ring (bicyclic) bond motifs is 2. The average molecular weight is 823 g/mol. The van der Waals surface area contributed by atoms with Crippen LogP contribution in [0.4, 0.5) is 17.1 Å². The molecule has 59 heavy (non-hydrogen) atoms. The number of nitrogens with zero attached hydrogens (tertiary/aromatic N) is 2. The predicted octanol–water partition coefficient (Wildman–Crippen LogP) is 4.51. The number of hydrogen-bond donors (Lipinski definition) is 5. The van der Waals surface area contributed by atoms with Crippen LogP contribution in [-0.4, -0.2) is 90.5 Å². The number of anilines is 3. The molecule has 1 saturated heterocycles. The quantitative estimate of drug-likeness (QED) is 0.108. The third-order valence-corrected chi connectivity index (χ3v) is 16.1. The van der Waals surface area contributed by atoms with Crippen molar-refractivity contribution in [2.45, 2.75) is 82.8 Å². The molecule has 0 radical (unpaired) electrons. The van der Waals surface area contributed by atoms with Crippen LogP contribution in [-0.2, 0) is 42.6 Å². The number of nitrogens with one attached hydrogen (secondary N) is 2. The zero-order valence-corrected chi connectivity index (χ0v) is 35.3. The van der Waals surface area contributed by atoms with Crippen LogP contribution in [0.3, 0.4) is 0 Å². The third-order valence-electron chi connectivity index (χ3n) is 11.7. The zero-order chi connectivity index (χ0) is 42.6. The summed E-state index contributed by atoms with van der Waals surface area (Å²) in [7, 11) is -1.06. The molecule has 2 aliphatic rings. The Morgan fingerprint density at radius 1 is 0.881 bits per heavy atom. The minimum atomic E-state index is -2.67. The maximum atomic E-state index is 15.4. The van der Waals surface area contributed by atoms with Gasteiger partial charge in [-0.15, -0.1) is 0 Å². The Morgan fingerprint density at radius 2 is 1.51 bits per heavy atom. The second kappa shape index (κ2) is 17.9. The fourth-order valence-corrected chi connectivity index (χ4v) is 12.7. The zero-order valence-electron chi connectivity index (χ0n) is 34.3. The number of carbonyl (C=O) groups excluding carboxylic acids is 4. The van der Waals surface area contributed by atoms with Gasteiger partial charge >= 0.3 is 0 Å². The summed E-state index contributed by atoms with van der Waals surface area (Å²) in [5.41, 5.74) is 1.61. The number of carbonyl (C=O) groups is 4.